The number of rotatable bonds is 6. The molecule has 148 valence electrons. The SMILES string of the molecule is C[C@@H](Cn1c(-c2ccccc2)cc2ccccc21)NCC(=O)N1CCC[C@H]1C#N. The van der Waals surface area contributed by atoms with Crippen molar-refractivity contribution in [2.75, 3.05) is 13.1 Å². The molecule has 1 aromatic heterocycles. The fraction of sp³-hybridized carbons (Fsp3) is 0.333. The van der Waals surface area contributed by atoms with E-state index in [1.165, 1.54) is 22.2 Å². The summed E-state index contributed by atoms with van der Waals surface area (Å²) < 4.78 is 2.32. The topological polar surface area (TPSA) is 61.1 Å². The Morgan fingerprint density at radius 2 is 1.97 bits per heavy atom. The molecule has 5 heteroatoms. The first-order valence-electron chi connectivity index (χ1n) is 10.2. The Morgan fingerprint density at radius 1 is 1.21 bits per heavy atom. The molecular weight excluding hydrogens is 360 g/mol. The van der Waals surface area contributed by atoms with Crippen LogP contribution in [0, 0.1) is 11.3 Å². The summed E-state index contributed by atoms with van der Waals surface area (Å²) in [6.07, 6.45) is 1.70. The monoisotopic (exact) mass is 386 g/mol. The van der Waals surface area contributed by atoms with Gasteiger partial charge in [-0.1, -0.05) is 48.5 Å². The zero-order valence-corrected chi connectivity index (χ0v) is 16.7. The Labute approximate surface area is 171 Å². The van der Waals surface area contributed by atoms with E-state index in [4.69, 9.17) is 0 Å². The predicted molar refractivity (Wildman–Crippen MR) is 115 cm³/mol. The van der Waals surface area contributed by atoms with Crippen LogP contribution in [-0.2, 0) is 11.3 Å². The summed E-state index contributed by atoms with van der Waals surface area (Å²) in [4.78, 5) is 14.2. The van der Waals surface area contributed by atoms with Crippen LogP contribution in [0.15, 0.2) is 60.7 Å². The minimum Gasteiger partial charge on any atom is -0.339 e. The number of benzene rings is 2. The molecule has 1 amide bonds. The summed E-state index contributed by atoms with van der Waals surface area (Å²) in [5.41, 5.74) is 3.55. The Bertz CT molecular complexity index is 1030. The van der Waals surface area contributed by atoms with E-state index in [1.807, 2.05) is 6.07 Å². The average Bonchev–Trinajstić information content (AvgIpc) is 3.38. The van der Waals surface area contributed by atoms with Gasteiger partial charge >= 0.3 is 0 Å². The van der Waals surface area contributed by atoms with Crippen LogP contribution in [0.2, 0.25) is 0 Å². The second kappa shape index (κ2) is 8.50. The van der Waals surface area contributed by atoms with E-state index in [0.29, 0.717) is 6.54 Å². The smallest absolute Gasteiger partial charge is 0.237 e. The van der Waals surface area contributed by atoms with E-state index >= 15 is 0 Å². The summed E-state index contributed by atoms with van der Waals surface area (Å²) in [7, 11) is 0. The van der Waals surface area contributed by atoms with Crippen LogP contribution in [0.3, 0.4) is 0 Å². The highest BCUT2D eigenvalue weighted by Gasteiger charge is 2.28. The number of carbonyl (C=O) groups excluding carboxylic acids is 1. The van der Waals surface area contributed by atoms with Crippen LogP contribution in [0.4, 0.5) is 0 Å². The molecule has 0 spiro atoms. The summed E-state index contributed by atoms with van der Waals surface area (Å²) in [5, 5.41) is 13.8. The van der Waals surface area contributed by atoms with E-state index < -0.39 is 0 Å². The van der Waals surface area contributed by atoms with Gasteiger partial charge in [-0.2, -0.15) is 5.26 Å². The molecule has 3 aromatic rings. The molecule has 0 radical (unpaired) electrons. The van der Waals surface area contributed by atoms with Crippen molar-refractivity contribution < 1.29 is 4.79 Å². The quantitative estimate of drug-likeness (QED) is 0.701. The van der Waals surface area contributed by atoms with Gasteiger partial charge in [-0.3, -0.25) is 4.79 Å². The lowest BCUT2D eigenvalue weighted by Gasteiger charge is -2.22. The maximum Gasteiger partial charge on any atom is 0.237 e. The van der Waals surface area contributed by atoms with Crippen LogP contribution in [-0.4, -0.2) is 40.5 Å². The van der Waals surface area contributed by atoms with Crippen molar-refractivity contribution in [1.29, 1.82) is 5.26 Å². The fourth-order valence-electron chi connectivity index (χ4n) is 4.16. The third-order valence-electron chi connectivity index (χ3n) is 5.66. The van der Waals surface area contributed by atoms with E-state index in [2.05, 4.69) is 77.5 Å². The van der Waals surface area contributed by atoms with Crippen molar-refractivity contribution in [2.45, 2.75) is 38.4 Å². The molecule has 29 heavy (non-hydrogen) atoms. The number of hydrogen-bond donors (Lipinski definition) is 1. The maximum absolute atomic E-state index is 12.5. The molecule has 1 N–H and O–H groups in total. The Hall–Kier alpha value is -3.10. The van der Waals surface area contributed by atoms with E-state index in [-0.39, 0.29) is 24.5 Å². The number of likely N-dealkylation sites (tertiary alicyclic amines) is 1. The zero-order chi connectivity index (χ0) is 20.2. The molecule has 5 nitrogen and oxygen atoms in total. The second-order valence-electron chi connectivity index (χ2n) is 7.72. The van der Waals surface area contributed by atoms with Crippen LogP contribution in [0.25, 0.3) is 22.2 Å². The van der Waals surface area contributed by atoms with Gasteiger partial charge in [-0.25, -0.2) is 0 Å². The second-order valence-corrected chi connectivity index (χ2v) is 7.72. The van der Waals surface area contributed by atoms with Gasteiger partial charge in [0.15, 0.2) is 0 Å². The molecule has 1 fully saturated rings. The van der Waals surface area contributed by atoms with Gasteiger partial charge in [0.2, 0.25) is 5.91 Å². The van der Waals surface area contributed by atoms with Gasteiger partial charge in [0, 0.05) is 35.7 Å². The van der Waals surface area contributed by atoms with Crippen molar-refractivity contribution in [3.05, 3.63) is 60.7 Å². The summed E-state index contributed by atoms with van der Waals surface area (Å²) in [6.45, 7) is 3.81. The number of fused-ring (bicyclic) bond motifs is 1. The number of carbonyl (C=O) groups is 1. The van der Waals surface area contributed by atoms with Crippen LogP contribution in [0.1, 0.15) is 19.8 Å². The van der Waals surface area contributed by atoms with Crippen molar-refractivity contribution in [3.8, 4) is 17.3 Å². The molecule has 0 bridgehead atoms. The molecule has 2 heterocycles. The predicted octanol–water partition coefficient (Wildman–Crippen LogP) is 3.80. The van der Waals surface area contributed by atoms with Gasteiger partial charge in [-0.15, -0.1) is 0 Å². The summed E-state index contributed by atoms with van der Waals surface area (Å²) in [6, 6.07) is 23.1. The van der Waals surface area contributed by atoms with Crippen molar-refractivity contribution in [3.63, 3.8) is 0 Å². The highest BCUT2D eigenvalue weighted by atomic mass is 16.2. The molecule has 2 aromatic carbocycles. The molecule has 2 atom stereocenters. The van der Waals surface area contributed by atoms with E-state index in [0.717, 1.165) is 19.4 Å². The number of amides is 1. The number of nitriles is 1. The molecule has 4 rings (SSSR count). The molecule has 1 saturated heterocycles. The third kappa shape index (κ3) is 4.03. The zero-order valence-electron chi connectivity index (χ0n) is 16.7. The van der Waals surface area contributed by atoms with E-state index in [9.17, 15) is 10.1 Å². The number of nitrogens with one attached hydrogen (secondary N) is 1. The minimum absolute atomic E-state index is 0.0153. The largest absolute Gasteiger partial charge is 0.339 e. The van der Waals surface area contributed by atoms with Crippen molar-refractivity contribution in [1.82, 2.24) is 14.8 Å². The minimum atomic E-state index is -0.266. The highest BCUT2D eigenvalue weighted by molar-refractivity contribution is 5.87. The number of aromatic nitrogens is 1. The first-order valence-corrected chi connectivity index (χ1v) is 10.2. The van der Waals surface area contributed by atoms with Gasteiger partial charge < -0.3 is 14.8 Å². The standard InChI is InChI=1S/C24H26N4O/c1-18(26-16-24(29)27-13-7-11-21(27)15-25)17-28-22-12-6-5-10-20(22)14-23(28)19-8-3-2-4-9-19/h2-6,8-10,12,14,18,21,26H,7,11,13,16-17H2,1H3/t18-,21-/m0/s1. The van der Waals surface area contributed by atoms with Crippen LogP contribution < -0.4 is 5.32 Å². The Balaban J connectivity index is 1.50. The maximum atomic E-state index is 12.5. The Kier molecular flexibility index (Phi) is 5.64. The van der Waals surface area contributed by atoms with Crippen molar-refractivity contribution >= 4 is 16.8 Å². The number of para-hydroxylation sites is 1. The number of nitrogens with zero attached hydrogens (tertiary/aromatic N) is 3. The third-order valence-corrected chi connectivity index (χ3v) is 5.66. The van der Waals surface area contributed by atoms with E-state index in [1.54, 1.807) is 4.90 Å². The highest BCUT2D eigenvalue weighted by Crippen LogP contribution is 2.28. The molecule has 1 aliphatic heterocycles. The lowest BCUT2D eigenvalue weighted by Crippen LogP contribution is -2.43. The average molecular weight is 386 g/mol. The van der Waals surface area contributed by atoms with Gasteiger partial charge in [-0.05, 0) is 37.5 Å². The fourth-order valence-corrected chi connectivity index (χ4v) is 4.16. The molecular formula is C24H26N4O. The number of hydrogen-bond acceptors (Lipinski definition) is 3. The van der Waals surface area contributed by atoms with Crippen LogP contribution >= 0.6 is 0 Å². The van der Waals surface area contributed by atoms with Gasteiger partial charge in [0.1, 0.15) is 6.04 Å². The van der Waals surface area contributed by atoms with Crippen LogP contribution in [0.5, 0.6) is 0 Å². The lowest BCUT2D eigenvalue weighted by molar-refractivity contribution is -0.130. The molecule has 0 aliphatic carbocycles. The lowest BCUT2D eigenvalue weighted by atomic mass is 10.1. The van der Waals surface area contributed by atoms with Gasteiger partial charge in [0.25, 0.3) is 0 Å². The molecule has 0 saturated carbocycles. The normalized spacial score (nSPS) is 17.4. The van der Waals surface area contributed by atoms with Gasteiger partial charge in [0.05, 0.1) is 12.6 Å². The van der Waals surface area contributed by atoms with Crippen molar-refractivity contribution in [2.24, 2.45) is 0 Å². The molecule has 0 unspecified atom stereocenters. The first-order chi connectivity index (χ1) is 14.2. The summed E-state index contributed by atoms with van der Waals surface area (Å²) in [5.74, 6) is 0.0153. The summed E-state index contributed by atoms with van der Waals surface area (Å²) >= 11 is 0. The molecule has 1 aliphatic rings. The Morgan fingerprint density at radius 3 is 2.76 bits per heavy atom. The first kappa shape index (κ1) is 19.2.